The first-order valence-corrected chi connectivity index (χ1v) is 7.86. The van der Waals surface area contributed by atoms with Crippen molar-refractivity contribution in [2.45, 2.75) is 32.6 Å². The Morgan fingerprint density at radius 2 is 2.11 bits per heavy atom. The zero-order chi connectivity index (χ0) is 13.3. The molecule has 1 aromatic rings. The van der Waals surface area contributed by atoms with Crippen LogP contribution >= 0.6 is 11.8 Å². The minimum atomic E-state index is -0.213. The van der Waals surface area contributed by atoms with Crippen LogP contribution in [0.4, 0.5) is 10.1 Å². The number of nitrogens with one attached hydrogen (secondary N) is 1. The standard InChI is InChI=1S/C15H19FN2S/c1-11-4-5-12(16)13(8-11)18-14-17-9-15(10-19-14)6-2-3-7-15/h4-5,8H,2-3,6-7,9-10H2,1H3,(H,17,18). The highest BCUT2D eigenvalue weighted by Crippen LogP contribution is 2.43. The maximum absolute atomic E-state index is 13.7. The maximum atomic E-state index is 13.7. The topological polar surface area (TPSA) is 24.4 Å². The van der Waals surface area contributed by atoms with Gasteiger partial charge >= 0.3 is 0 Å². The number of aliphatic imine (C=N–C) groups is 1. The number of rotatable bonds is 1. The summed E-state index contributed by atoms with van der Waals surface area (Å²) in [5.41, 5.74) is 2.02. The molecule has 1 heterocycles. The number of nitrogens with zero attached hydrogens (tertiary/aromatic N) is 1. The first kappa shape index (κ1) is 13.0. The molecule has 102 valence electrons. The van der Waals surface area contributed by atoms with E-state index in [4.69, 9.17) is 0 Å². The fourth-order valence-corrected chi connectivity index (χ4v) is 4.07. The van der Waals surface area contributed by atoms with Crippen molar-refractivity contribution in [3.63, 3.8) is 0 Å². The highest BCUT2D eigenvalue weighted by molar-refractivity contribution is 8.14. The van der Waals surface area contributed by atoms with Crippen LogP contribution in [-0.4, -0.2) is 17.5 Å². The summed E-state index contributed by atoms with van der Waals surface area (Å²) in [7, 11) is 0. The fraction of sp³-hybridized carbons (Fsp3) is 0.533. The van der Waals surface area contributed by atoms with E-state index < -0.39 is 0 Å². The molecule has 1 N–H and O–H groups in total. The molecule has 0 aromatic heterocycles. The van der Waals surface area contributed by atoms with Crippen LogP contribution in [0.1, 0.15) is 31.2 Å². The molecule has 0 radical (unpaired) electrons. The Labute approximate surface area is 117 Å². The highest BCUT2D eigenvalue weighted by atomic mass is 32.2. The van der Waals surface area contributed by atoms with Gasteiger partial charge in [0.2, 0.25) is 0 Å². The van der Waals surface area contributed by atoms with Crippen molar-refractivity contribution < 1.29 is 4.39 Å². The third-order valence-electron chi connectivity index (χ3n) is 4.10. The van der Waals surface area contributed by atoms with E-state index in [1.807, 2.05) is 13.0 Å². The van der Waals surface area contributed by atoms with E-state index in [0.29, 0.717) is 11.1 Å². The number of thioether (sulfide) groups is 1. The molecular formula is C15H19FN2S. The van der Waals surface area contributed by atoms with E-state index >= 15 is 0 Å². The molecule has 1 saturated carbocycles. The summed E-state index contributed by atoms with van der Waals surface area (Å²) in [5, 5.41) is 4.00. The summed E-state index contributed by atoms with van der Waals surface area (Å²) in [6.07, 6.45) is 5.28. The molecule has 4 heteroatoms. The van der Waals surface area contributed by atoms with Crippen LogP contribution in [-0.2, 0) is 0 Å². The molecule has 2 nitrogen and oxygen atoms in total. The Morgan fingerprint density at radius 3 is 2.79 bits per heavy atom. The Kier molecular flexibility index (Phi) is 3.52. The molecule has 1 spiro atoms. The Bertz CT molecular complexity index is 507. The SMILES string of the molecule is Cc1ccc(F)c(NC2=NCC3(CCCC3)CS2)c1. The number of aryl methyl sites for hydroxylation is 1. The monoisotopic (exact) mass is 278 g/mol. The van der Waals surface area contributed by atoms with Crippen LogP contribution in [0, 0.1) is 18.2 Å². The average Bonchev–Trinajstić information content (AvgIpc) is 2.85. The highest BCUT2D eigenvalue weighted by Gasteiger charge is 2.36. The van der Waals surface area contributed by atoms with Crippen molar-refractivity contribution in [1.29, 1.82) is 0 Å². The fourth-order valence-electron chi connectivity index (χ4n) is 2.91. The Balaban J connectivity index is 1.71. The summed E-state index contributed by atoms with van der Waals surface area (Å²) in [4.78, 5) is 4.63. The number of hydrogen-bond donors (Lipinski definition) is 1. The van der Waals surface area contributed by atoms with E-state index in [-0.39, 0.29) is 5.82 Å². The smallest absolute Gasteiger partial charge is 0.161 e. The minimum absolute atomic E-state index is 0.213. The summed E-state index contributed by atoms with van der Waals surface area (Å²) < 4.78 is 13.7. The molecular weight excluding hydrogens is 259 g/mol. The van der Waals surface area contributed by atoms with Crippen molar-refractivity contribution >= 4 is 22.6 Å². The predicted octanol–water partition coefficient (Wildman–Crippen LogP) is 4.21. The Morgan fingerprint density at radius 1 is 1.32 bits per heavy atom. The van der Waals surface area contributed by atoms with Gasteiger partial charge in [0.25, 0.3) is 0 Å². The molecule has 19 heavy (non-hydrogen) atoms. The Hall–Kier alpha value is -1.03. The first-order valence-electron chi connectivity index (χ1n) is 6.87. The number of amidine groups is 1. The minimum Gasteiger partial charge on any atom is -0.333 e. The van der Waals surface area contributed by atoms with Crippen LogP contribution in [0.25, 0.3) is 0 Å². The molecule has 0 unspecified atom stereocenters. The number of halogens is 1. The normalized spacial score (nSPS) is 21.5. The van der Waals surface area contributed by atoms with Gasteiger partial charge < -0.3 is 5.32 Å². The molecule has 3 rings (SSSR count). The van der Waals surface area contributed by atoms with E-state index in [9.17, 15) is 4.39 Å². The van der Waals surface area contributed by atoms with E-state index in [2.05, 4.69) is 10.3 Å². The second-order valence-electron chi connectivity index (χ2n) is 5.73. The molecule has 1 aliphatic carbocycles. The molecule has 0 saturated heterocycles. The van der Waals surface area contributed by atoms with Crippen molar-refractivity contribution in [1.82, 2.24) is 0 Å². The number of hydrogen-bond acceptors (Lipinski definition) is 3. The van der Waals surface area contributed by atoms with Gasteiger partial charge in [0.15, 0.2) is 5.17 Å². The van der Waals surface area contributed by atoms with Crippen LogP contribution in [0.5, 0.6) is 0 Å². The van der Waals surface area contributed by atoms with Crippen molar-refractivity contribution in [3.8, 4) is 0 Å². The van der Waals surface area contributed by atoms with Gasteiger partial charge in [0.05, 0.1) is 5.69 Å². The van der Waals surface area contributed by atoms with Gasteiger partial charge in [-0.1, -0.05) is 30.7 Å². The van der Waals surface area contributed by atoms with Crippen LogP contribution in [0.3, 0.4) is 0 Å². The van der Waals surface area contributed by atoms with Crippen LogP contribution in [0.15, 0.2) is 23.2 Å². The molecule has 1 aliphatic heterocycles. The van der Waals surface area contributed by atoms with E-state index in [0.717, 1.165) is 23.0 Å². The predicted molar refractivity (Wildman–Crippen MR) is 80.4 cm³/mol. The summed E-state index contributed by atoms with van der Waals surface area (Å²) in [6.45, 7) is 2.86. The van der Waals surface area contributed by atoms with Gasteiger partial charge in [-0.05, 0) is 42.9 Å². The quantitative estimate of drug-likeness (QED) is 0.832. The third kappa shape index (κ3) is 2.78. The van der Waals surface area contributed by atoms with E-state index in [1.165, 1.54) is 31.7 Å². The van der Waals surface area contributed by atoms with Gasteiger partial charge in [-0.15, -0.1) is 0 Å². The first-order chi connectivity index (χ1) is 9.17. The third-order valence-corrected chi connectivity index (χ3v) is 5.36. The maximum Gasteiger partial charge on any atom is 0.161 e. The molecule has 0 amide bonds. The largest absolute Gasteiger partial charge is 0.333 e. The van der Waals surface area contributed by atoms with Crippen molar-refractivity contribution in [2.75, 3.05) is 17.6 Å². The molecule has 0 bridgehead atoms. The van der Waals surface area contributed by atoms with Gasteiger partial charge in [-0.3, -0.25) is 4.99 Å². The number of benzene rings is 1. The molecule has 2 aliphatic rings. The van der Waals surface area contributed by atoms with Gasteiger partial charge in [0, 0.05) is 12.3 Å². The molecule has 0 atom stereocenters. The van der Waals surface area contributed by atoms with Gasteiger partial charge in [-0.25, -0.2) is 4.39 Å². The van der Waals surface area contributed by atoms with Crippen molar-refractivity contribution in [3.05, 3.63) is 29.6 Å². The average molecular weight is 278 g/mol. The second-order valence-corrected chi connectivity index (χ2v) is 6.69. The zero-order valence-electron chi connectivity index (χ0n) is 11.2. The van der Waals surface area contributed by atoms with E-state index in [1.54, 1.807) is 17.8 Å². The van der Waals surface area contributed by atoms with Gasteiger partial charge in [-0.2, -0.15) is 0 Å². The lowest BCUT2D eigenvalue weighted by Crippen LogP contribution is -2.30. The lowest BCUT2D eigenvalue weighted by molar-refractivity contribution is 0.359. The lowest BCUT2D eigenvalue weighted by Gasteiger charge is -2.31. The number of anilines is 1. The summed E-state index contributed by atoms with van der Waals surface area (Å²) in [5.74, 6) is 0.904. The lowest BCUT2D eigenvalue weighted by atomic mass is 9.89. The zero-order valence-corrected chi connectivity index (χ0v) is 12.0. The summed E-state index contributed by atoms with van der Waals surface area (Å²) in [6, 6.07) is 5.12. The second kappa shape index (κ2) is 5.16. The van der Waals surface area contributed by atoms with Crippen LogP contribution in [0.2, 0.25) is 0 Å². The van der Waals surface area contributed by atoms with Crippen LogP contribution < -0.4 is 5.32 Å². The molecule has 1 fully saturated rings. The van der Waals surface area contributed by atoms with Crippen molar-refractivity contribution in [2.24, 2.45) is 10.4 Å². The van der Waals surface area contributed by atoms with Gasteiger partial charge in [0.1, 0.15) is 5.82 Å². The summed E-state index contributed by atoms with van der Waals surface area (Å²) >= 11 is 1.74. The molecule has 1 aromatic carbocycles.